The van der Waals surface area contributed by atoms with Crippen LogP contribution in [0.1, 0.15) is 18.1 Å². The van der Waals surface area contributed by atoms with Crippen molar-refractivity contribution in [3.05, 3.63) is 29.3 Å². The van der Waals surface area contributed by atoms with Crippen LogP contribution in [0.4, 0.5) is 10.5 Å². The lowest BCUT2D eigenvalue weighted by Crippen LogP contribution is -2.27. The van der Waals surface area contributed by atoms with Crippen molar-refractivity contribution in [1.29, 1.82) is 0 Å². The topological polar surface area (TPSA) is 29.5 Å². The van der Waals surface area contributed by atoms with Gasteiger partial charge in [0, 0.05) is 12.7 Å². The molecule has 0 saturated carbocycles. The van der Waals surface area contributed by atoms with Gasteiger partial charge in [-0.1, -0.05) is 6.07 Å². The smallest absolute Gasteiger partial charge is 0.413 e. The van der Waals surface area contributed by atoms with Crippen molar-refractivity contribution in [2.24, 2.45) is 0 Å². The van der Waals surface area contributed by atoms with Crippen molar-refractivity contribution >= 4 is 11.8 Å². The monoisotopic (exact) mass is 207 g/mol. The SMILES string of the molecule is CCOC(=O)N(C)c1cc(C)cc(C)c1. The molecular weight excluding hydrogens is 190 g/mol. The summed E-state index contributed by atoms with van der Waals surface area (Å²) in [4.78, 5) is 13.0. The van der Waals surface area contributed by atoms with Crippen molar-refractivity contribution in [3.63, 3.8) is 0 Å². The van der Waals surface area contributed by atoms with E-state index in [4.69, 9.17) is 4.74 Å². The molecule has 82 valence electrons. The maximum atomic E-state index is 11.5. The number of hydrogen-bond acceptors (Lipinski definition) is 2. The second kappa shape index (κ2) is 4.82. The molecule has 0 aliphatic rings. The van der Waals surface area contributed by atoms with Gasteiger partial charge in [-0.25, -0.2) is 4.79 Å². The fourth-order valence-electron chi connectivity index (χ4n) is 1.47. The molecule has 0 N–H and O–H groups in total. The van der Waals surface area contributed by atoms with Crippen molar-refractivity contribution < 1.29 is 9.53 Å². The van der Waals surface area contributed by atoms with Gasteiger partial charge in [-0.2, -0.15) is 0 Å². The number of hydrogen-bond donors (Lipinski definition) is 0. The van der Waals surface area contributed by atoms with E-state index in [1.165, 1.54) is 4.90 Å². The summed E-state index contributed by atoms with van der Waals surface area (Å²) in [5, 5.41) is 0. The molecule has 1 amide bonds. The summed E-state index contributed by atoms with van der Waals surface area (Å²) in [7, 11) is 1.71. The highest BCUT2D eigenvalue weighted by atomic mass is 16.6. The molecule has 0 aliphatic carbocycles. The minimum Gasteiger partial charge on any atom is -0.449 e. The van der Waals surface area contributed by atoms with Crippen LogP contribution in [0.2, 0.25) is 0 Å². The van der Waals surface area contributed by atoms with E-state index in [0.29, 0.717) is 6.61 Å². The Labute approximate surface area is 90.7 Å². The van der Waals surface area contributed by atoms with Crippen LogP contribution in [0, 0.1) is 13.8 Å². The van der Waals surface area contributed by atoms with E-state index in [9.17, 15) is 4.79 Å². The Morgan fingerprint density at radius 3 is 2.27 bits per heavy atom. The summed E-state index contributed by atoms with van der Waals surface area (Å²) in [6.45, 7) is 6.21. The van der Waals surface area contributed by atoms with Crippen molar-refractivity contribution in [2.75, 3.05) is 18.6 Å². The van der Waals surface area contributed by atoms with Crippen molar-refractivity contribution in [2.45, 2.75) is 20.8 Å². The highest BCUT2D eigenvalue weighted by Gasteiger charge is 2.11. The van der Waals surface area contributed by atoms with Gasteiger partial charge in [0.05, 0.1) is 6.61 Å². The largest absolute Gasteiger partial charge is 0.449 e. The highest BCUT2D eigenvalue weighted by Crippen LogP contribution is 2.18. The van der Waals surface area contributed by atoms with Gasteiger partial charge in [-0.3, -0.25) is 4.90 Å². The summed E-state index contributed by atoms with van der Waals surface area (Å²) in [5.74, 6) is 0. The van der Waals surface area contributed by atoms with E-state index in [2.05, 4.69) is 6.07 Å². The quantitative estimate of drug-likeness (QED) is 0.746. The first-order chi connectivity index (χ1) is 7.04. The summed E-state index contributed by atoms with van der Waals surface area (Å²) >= 11 is 0. The van der Waals surface area contributed by atoms with Gasteiger partial charge in [0.25, 0.3) is 0 Å². The van der Waals surface area contributed by atoms with E-state index in [1.54, 1.807) is 14.0 Å². The molecule has 0 aromatic heterocycles. The number of aryl methyl sites for hydroxylation is 2. The summed E-state index contributed by atoms with van der Waals surface area (Å²) in [6.07, 6.45) is -0.317. The van der Waals surface area contributed by atoms with Gasteiger partial charge in [0.1, 0.15) is 0 Å². The second-order valence-corrected chi connectivity index (χ2v) is 3.60. The zero-order chi connectivity index (χ0) is 11.4. The molecule has 1 aromatic carbocycles. The number of carbonyl (C=O) groups is 1. The van der Waals surface area contributed by atoms with Crippen molar-refractivity contribution in [1.82, 2.24) is 0 Å². The van der Waals surface area contributed by atoms with Gasteiger partial charge in [0.2, 0.25) is 0 Å². The van der Waals surface area contributed by atoms with Crippen LogP contribution in [0.15, 0.2) is 18.2 Å². The molecule has 0 saturated heterocycles. The lowest BCUT2D eigenvalue weighted by Gasteiger charge is -2.17. The molecule has 0 unspecified atom stereocenters. The molecule has 0 radical (unpaired) electrons. The molecule has 3 heteroatoms. The Kier molecular flexibility index (Phi) is 3.72. The second-order valence-electron chi connectivity index (χ2n) is 3.60. The van der Waals surface area contributed by atoms with Crippen LogP contribution >= 0.6 is 0 Å². The number of nitrogens with zero attached hydrogens (tertiary/aromatic N) is 1. The zero-order valence-corrected chi connectivity index (χ0v) is 9.70. The summed E-state index contributed by atoms with van der Waals surface area (Å²) < 4.78 is 4.92. The fraction of sp³-hybridized carbons (Fsp3) is 0.417. The molecule has 1 rings (SSSR count). The lowest BCUT2D eigenvalue weighted by molar-refractivity contribution is 0.161. The first-order valence-corrected chi connectivity index (χ1v) is 5.03. The molecular formula is C12H17NO2. The number of amides is 1. The predicted molar refractivity (Wildman–Crippen MR) is 61.3 cm³/mol. The average molecular weight is 207 g/mol. The Morgan fingerprint density at radius 1 is 1.27 bits per heavy atom. The molecule has 0 fully saturated rings. The van der Waals surface area contributed by atoms with E-state index in [1.807, 2.05) is 26.0 Å². The van der Waals surface area contributed by atoms with Gasteiger partial charge >= 0.3 is 6.09 Å². The molecule has 1 aromatic rings. The average Bonchev–Trinajstić information content (AvgIpc) is 2.15. The lowest BCUT2D eigenvalue weighted by atomic mass is 10.1. The minimum absolute atomic E-state index is 0.317. The number of rotatable bonds is 2. The highest BCUT2D eigenvalue weighted by molar-refractivity contribution is 5.87. The van der Waals surface area contributed by atoms with Crippen LogP contribution in [-0.4, -0.2) is 19.7 Å². The van der Waals surface area contributed by atoms with E-state index < -0.39 is 0 Å². The normalized spacial score (nSPS) is 9.87. The number of carbonyl (C=O) groups excluding carboxylic acids is 1. The molecule has 0 aliphatic heterocycles. The maximum absolute atomic E-state index is 11.5. The Morgan fingerprint density at radius 2 is 1.80 bits per heavy atom. The molecule has 0 spiro atoms. The maximum Gasteiger partial charge on any atom is 0.413 e. The third kappa shape index (κ3) is 2.98. The predicted octanol–water partition coefficient (Wildman–Crippen LogP) is 2.90. The Bertz CT molecular complexity index is 340. The van der Waals surface area contributed by atoms with E-state index in [0.717, 1.165) is 16.8 Å². The number of anilines is 1. The Balaban J connectivity index is 2.90. The van der Waals surface area contributed by atoms with Gasteiger partial charge in [-0.05, 0) is 44.0 Å². The van der Waals surface area contributed by atoms with Crippen LogP contribution in [0.5, 0.6) is 0 Å². The fourth-order valence-corrected chi connectivity index (χ4v) is 1.47. The van der Waals surface area contributed by atoms with Crippen molar-refractivity contribution in [3.8, 4) is 0 Å². The van der Waals surface area contributed by atoms with Crippen LogP contribution in [-0.2, 0) is 4.74 Å². The summed E-state index contributed by atoms with van der Waals surface area (Å²) in [6, 6.07) is 6.00. The first kappa shape index (κ1) is 11.6. The molecule has 0 heterocycles. The molecule has 0 atom stereocenters. The van der Waals surface area contributed by atoms with E-state index >= 15 is 0 Å². The van der Waals surface area contributed by atoms with Crippen LogP contribution < -0.4 is 4.90 Å². The minimum atomic E-state index is -0.317. The van der Waals surface area contributed by atoms with Gasteiger partial charge in [-0.15, -0.1) is 0 Å². The number of ether oxygens (including phenoxy) is 1. The zero-order valence-electron chi connectivity index (χ0n) is 9.70. The van der Waals surface area contributed by atoms with Gasteiger partial charge < -0.3 is 4.74 Å². The van der Waals surface area contributed by atoms with Crippen LogP contribution in [0.3, 0.4) is 0 Å². The van der Waals surface area contributed by atoms with Crippen LogP contribution in [0.25, 0.3) is 0 Å². The first-order valence-electron chi connectivity index (χ1n) is 5.03. The molecule has 0 bridgehead atoms. The third-order valence-corrected chi connectivity index (χ3v) is 2.14. The third-order valence-electron chi connectivity index (χ3n) is 2.14. The standard InChI is InChI=1S/C12H17NO2/c1-5-15-12(14)13(4)11-7-9(2)6-10(3)8-11/h6-8H,5H2,1-4H3. The Hall–Kier alpha value is -1.51. The summed E-state index contributed by atoms with van der Waals surface area (Å²) in [5.41, 5.74) is 3.15. The number of benzene rings is 1. The molecule has 3 nitrogen and oxygen atoms in total. The van der Waals surface area contributed by atoms with Gasteiger partial charge in [0.15, 0.2) is 0 Å². The molecule has 15 heavy (non-hydrogen) atoms. The van der Waals surface area contributed by atoms with E-state index in [-0.39, 0.29) is 6.09 Å².